The summed E-state index contributed by atoms with van der Waals surface area (Å²) in [5.74, 6) is -0.138. The lowest BCUT2D eigenvalue weighted by atomic mass is 10.2. The topological polar surface area (TPSA) is 78.5 Å². The van der Waals surface area contributed by atoms with E-state index in [0.29, 0.717) is 24.3 Å². The van der Waals surface area contributed by atoms with Crippen molar-refractivity contribution in [3.63, 3.8) is 0 Å². The lowest BCUT2D eigenvalue weighted by Crippen LogP contribution is -2.34. The van der Waals surface area contributed by atoms with E-state index < -0.39 is 10.0 Å². The smallest absolute Gasteiger partial charge is 0.261 e. The van der Waals surface area contributed by atoms with E-state index in [0.717, 1.165) is 25.1 Å². The number of nitrogens with one attached hydrogen (secondary N) is 2. The normalized spacial score (nSPS) is 15.3. The molecule has 0 aliphatic carbocycles. The van der Waals surface area contributed by atoms with Gasteiger partial charge in [-0.3, -0.25) is 9.52 Å². The molecule has 7 heteroatoms. The zero-order chi connectivity index (χ0) is 18.6. The van der Waals surface area contributed by atoms with Crippen LogP contribution in [-0.2, 0) is 10.0 Å². The molecule has 138 valence electrons. The summed E-state index contributed by atoms with van der Waals surface area (Å²) in [6.45, 7) is 4.83. The molecule has 0 radical (unpaired) electrons. The SMILES string of the molecule is Cc1cccc(NS(=O)(=O)c2cccc(C(=O)N3CCCNCC3)c2)c1. The van der Waals surface area contributed by atoms with Gasteiger partial charge in [0.2, 0.25) is 0 Å². The van der Waals surface area contributed by atoms with Crippen LogP contribution in [0.2, 0.25) is 0 Å². The van der Waals surface area contributed by atoms with Gasteiger partial charge in [0.15, 0.2) is 0 Å². The van der Waals surface area contributed by atoms with Crippen LogP contribution in [0.4, 0.5) is 5.69 Å². The van der Waals surface area contributed by atoms with Gasteiger partial charge in [-0.1, -0.05) is 18.2 Å². The number of hydrogen-bond donors (Lipinski definition) is 2. The van der Waals surface area contributed by atoms with Gasteiger partial charge >= 0.3 is 0 Å². The number of benzene rings is 2. The van der Waals surface area contributed by atoms with Crippen LogP contribution in [0.1, 0.15) is 22.3 Å². The summed E-state index contributed by atoms with van der Waals surface area (Å²) >= 11 is 0. The third-order valence-corrected chi connectivity index (χ3v) is 5.67. The number of carbonyl (C=O) groups is 1. The van der Waals surface area contributed by atoms with Crippen molar-refractivity contribution in [1.29, 1.82) is 0 Å². The number of aryl methyl sites for hydroxylation is 1. The lowest BCUT2D eigenvalue weighted by molar-refractivity contribution is 0.0766. The Balaban J connectivity index is 1.82. The molecule has 2 aromatic rings. The highest BCUT2D eigenvalue weighted by atomic mass is 32.2. The average Bonchev–Trinajstić information content (AvgIpc) is 2.90. The van der Waals surface area contributed by atoms with Gasteiger partial charge in [-0.15, -0.1) is 0 Å². The molecule has 0 unspecified atom stereocenters. The van der Waals surface area contributed by atoms with Crippen molar-refractivity contribution in [2.24, 2.45) is 0 Å². The summed E-state index contributed by atoms with van der Waals surface area (Å²) in [6.07, 6.45) is 0.888. The van der Waals surface area contributed by atoms with E-state index in [4.69, 9.17) is 0 Å². The molecule has 0 aromatic heterocycles. The number of hydrogen-bond acceptors (Lipinski definition) is 4. The van der Waals surface area contributed by atoms with Gasteiger partial charge in [0.1, 0.15) is 0 Å². The maximum atomic E-state index is 12.7. The molecule has 1 amide bonds. The maximum Gasteiger partial charge on any atom is 0.261 e. The van der Waals surface area contributed by atoms with Crippen LogP contribution in [-0.4, -0.2) is 45.4 Å². The number of amides is 1. The monoisotopic (exact) mass is 373 g/mol. The third kappa shape index (κ3) is 4.42. The van der Waals surface area contributed by atoms with Crippen molar-refractivity contribution >= 4 is 21.6 Å². The highest BCUT2D eigenvalue weighted by Gasteiger charge is 2.20. The minimum atomic E-state index is -3.76. The van der Waals surface area contributed by atoms with Crippen molar-refractivity contribution in [3.05, 3.63) is 59.7 Å². The summed E-state index contributed by atoms with van der Waals surface area (Å²) in [5.41, 5.74) is 1.85. The molecule has 0 atom stereocenters. The third-order valence-electron chi connectivity index (χ3n) is 4.29. The van der Waals surface area contributed by atoms with Crippen LogP contribution in [0.3, 0.4) is 0 Å². The van der Waals surface area contributed by atoms with E-state index in [1.165, 1.54) is 12.1 Å². The largest absolute Gasteiger partial charge is 0.337 e. The number of carbonyl (C=O) groups excluding carboxylic acids is 1. The van der Waals surface area contributed by atoms with Gasteiger partial charge in [0, 0.05) is 30.9 Å². The van der Waals surface area contributed by atoms with Crippen LogP contribution in [0.25, 0.3) is 0 Å². The maximum absolute atomic E-state index is 12.7. The van der Waals surface area contributed by atoms with Crippen LogP contribution >= 0.6 is 0 Å². The first kappa shape index (κ1) is 18.4. The van der Waals surface area contributed by atoms with Crippen LogP contribution < -0.4 is 10.0 Å². The molecule has 2 N–H and O–H groups in total. The fourth-order valence-corrected chi connectivity index (χ4v) is 4.05. The highest BCUT2D eigenvalue weighted by Crippen LogP contribution is 2.19. The van der Waals surface area contributed by atoms with Crippen molar-refractivity contribution in [1.82, 2.24) is 10.2 Å². The first-order chi connectivity index (χ1) is 12.5. The summed E-state index contributed by atoms with van der Waals surface area (Å²) < 4.78 is 27.9. The molecular weight excluding hydrogens is 350 g/mol. The Kier molecular flexibility index (Phi) is 5.58. The average molecular weight is 373 g/mol. The van der Waals surface area contributed by atoms with E-state index in [1.54, 1.807) is 35.2 Å². The molecule has 6 nitrogen and oxygen atoms in total. The Hall–Kier alpha value is -2.38. The van der Waals surface area contributed by atoms with Crippen LogP contribution in [0.15, 0.2) is 53.4 Å². The van der Waals surface area contributed by atoms with Gasteiger partial charge in [0.05, 0.1) is 4.90 Å². The molecule has 1 aliphatic heterocycles. The van der Waals surface area contributed by atoms with E-state index >= 15 is 0 Å². The second-order valence-corrected chi connectivity index (χ2v) is 8.08. The second-order valence-electron chi connectivity index (χ2n) is 6.40. The van der Waals surface area contributed by atoms with Gasteiger partial charge in [-0.25, -0.2) is 8.42 Å². The summed E-state index contributed by atoms with van der Waals surface area (Å²) in [4.78, 5) is 14.6. The molecule has 1 heterocycles. The fourth-order valence-electron chi connectivity index (χ4n) is 2.95. The van der Waals surface area contributed by atoms with E-state index in [2.05, 4.69) is 10.0 Å². The molecule has 1 aliphatic rings. The van der Waals surface area contributed by atoms with E-state index in [1.807, 2.05) is 13.0 Å². The summed E-state index contributed by atoms with van der Waals surface area (Å²) in [6, 6.07) is 13.4. The summed E-state index contributed by atoms with van der Waals surface area (Å²) in [7, 11) is -3.76. The predicted octanol–water partition coefficient (Wildman–Crippen LogP) is 2.23. The first-order valence-corrected chi connectivity index (χ1v) is 10.1. The van der Waals surface area contributed by atoms with Gasteiger partial charge in [-0.2, -0.15) is 0 Å². The standard InChI is InChI=1S/C19H23N3O3S/c1-15-5-2-7-17(13-15)21-26(24,25)18-8-3-6-16(14-18)19(23)22-11-4-9-20-10-12-22/h2-3,5-8,13-14,20-21H,4,9-12H2,1H3. The molecule has 1 saturated heterocycles. The zero-order valence-corrected chi connectivity index (χ0v) is 15.6. The fraction of sp³-hybridized carbons (Fsp3) is 0.316. The lowest BCUT2D eigenvalue weighted by Gasteiger charge is -2.20. The minimum Gasteiger partial charge on any atom is -0.337 e. The highest BCUT2D eigenvalue weighted by molar-refractivity contribution is 7.92. The molecular formula is C19H23N3O3S. The Morgan fingerprint density at radius 2 is 1.88 bits per heavy atom. The Bertz CT molecular complexity index is 888. The van der Waals surface area contributed by atoms with E-state index in [9.17, 15) is 13.2 Å². The Labute approximate surface area is 154 Å². The molecule has 26 heavy (non-hydrogen) atoms. The van der Waals surface area contributed by atoms with Crippen molar-refractivity contribution in [2.75, 3.05) is 30.9 Å². The van der Waals surface area contributed by atoms with Gasteiger partial charge in [-0.05, 0) is 55.8 Å². The predicted molar refractivity (Wildman–Crippen MR) is 102 cm³/mol. The molecule has 0 spiro atoms. The second kappa shape index (κ2) is 7.88. The molecule has 1 fully saturated rings. The number of anilines is 1. The van der Waals surface area contributed by atoms with Crippen molar-refractivity contribution in [3.8, 4) is 0 Å². The first-order valence-electron chi connectivity index (χ1n) is 8.65. The summed E-state index contributed by atoms with van der Waals surface area (Å²) in [5, 5.41) is 3.25. The molecule has 3 rings (SSSR count). The van der Waals surface area contributed by atoms with E-state index in [-0.39, 0.29) is 10.8 Å². The molecule has 2 aromatic carbocycles. The van der Waals surface area contributed by atoms with Crippen LogP contribution in [0, 0.1) is 6.92 Å². The Morgan fingerprint density at radius 3 is 2.69 bits per heavy atom. The Morgan fingerprint density at radius 1 is 1.08 bits per heavy atom. The molecule has 0 saturated carbocycles. The van der Waals surface area contributed by atoms with Gasteiger partial charge in [0.25, 0.3) is 15.9 Å². The number of rotatable bonds is 4. The minimum absolute atomic E-state index is 0.0813. The van der Waals surface area contributed by atoms with Crippen molar-refractivity contribution < 1.29 is 13.2 Å². The van der Waals surface area contributed by atoms with Gasteiger partial charge < -0.3 is 10.2 Å². The quantitative estimate of drug-likeness (QED) is 0.861. The molecule has 0 bridgehead atoms. The number of sulfonamides is 1. The zero-order valence-electron chi connectivity index (χ0n) is 14.7. The van der Waals surface area contributed by atoms with Crippen LogP contribution in [0.5, 0.6) is 0 Å². The number of nitrogens with zero attached hydrogens (tertiary/aromatic N) is 1. The van der Waals surface area contributed by atoms with Crippen molar-refractivity contribution in [2.45, 2.75) is 18.2 Å².